The number of hydrogen-bond donors (Lipinski definition) is 1. The van der Waals surface area contributed by atoms with Crippen molar-refractivity contribution in [2.45, 2.75) is 32.4 Å². The van der Waals surface area contributed by atoms with Gasteiger partial charge in [0.05, 0.1) is 0 Å². The highest BCUT2D eigenvalue weighted by Crippen LogP contribution is 2.17. The van der Waals surface area contributed by atoms with Crippen LogP contribution in [0.2, 0.25) is 0 Å². The van der Waals surface area contributed by atoms with Crippen LogP contribution in [-0.2, 0) is 14.3 Å². The van der Waals surface area contributed by atoms with Crippen LogP contribution in [-0.4, -0.2) is 23.8 Å². The number of ether oxygens (including phenoxy) is 3. The molecule has 0 spiro atoms. The highest BCUT2D eigenvalue weighted by Gasteiger charge is 2.29. The van der Waals surface area contributed by atoms with Crippen molar-refractivity contribution in [3.05, 3.63) is 66.2 Å². The molecule has 2 rings (SSSR count). The topological polar surface area (TPSA) is 90.9 Å². The number of nitrogens with one attached hydrogen (secondary N) is 1. The molecule has 0 aromatic heterocycles. The molecular weight excluding hydrogens is 350 g/mol. The second kappa shape index (κ2) is 8.84. The van der Waals surface area contributed by atoms with Gasteiger partial charge >= 0.3 is 18.2 Å². The second-order valence-electron chi connectivity index (χ2n) is 6.58. The lowest BCUT2D eigenvalue weighted by atomic mass is 10.1. The minimum absolute atomic E-state index is 0.228. The molecule has 1 amide bonds. The van der Waals surface area contributed by atoms with Crippen LogP contribution in [0.3, 0.4) is 0 Å². The summed E-state index contributed by atoms with van der Waals surface area (Å²) in [5, 5.41) is 2.42. The van der Waals surface area contributed by atoms with Crippen molar-refractivity contribution < 1.29 is 28.6 Å². The van der Waals surface area contributed by atoms with Crippen LogP contribution in [0, 0.1) is 0 Å². The van der Waals surface area contributed by atoms with E-state index in [1.54, 1.807) is 81.4 Å². The molecule has 27 heavy (non-hydrogen) atoms. The van der Waals surface area contributed by atoms with E-state index in [9.17, 15) is 14.4 Å². The molecule has 142 valence electrons. The average Bonchev–Trinajstić information content (AvgIpc) is 2.59. The summed E-state index contributed by atoms with van der Waals surface area (Å²) in [4.78, 5) is 36.4. The third kappa shape index (κ3) is 6.81. The summed E-state index contributed by atoms with van der Waals surface area (Å²) in [5.74, 6) is -0.764. The highest BCUT2D eigenvalue weighted by molar-refractivity contribution is 5.89. The largest absolute Gasteiger partial charge is 0.521 e. The summed E-state index contributed by atoms with van der Waals surface area (Å²) in [6.45, 7) is 5.08. The molecule has 0 fully saturated rings. The Kier molecular flexibility index (Phi) is 6.54. The van der Waals surface area contributed by atoms with Crippen molar-refractivity contribution in [3.8, 4) is 5.75 Å². The lowest BCUT2D eigenvalue weighted by Gasteiger charge is -2.22. The van der Waals surface area contributed by atoms with Gasteiger partial charge in [-0.2, -0.15) is 0 Å². The fourth-order valence-electron chi connectivity index (χ4n) is 2.10. The zero-order valence-corrected chi connectivity index (χ0v) is 15.3. The van der Waals surface area contributed by atoms with Crippen molar-refractivity contribution >= 4 is 18.2 Å². The fraction of sp³-hybridized carbons (Fsp3) is 0.250. The number of alkyl carbamates (subject to hydrolysis) is 1. The van der Waals surface area contributed by atoms with E-state index in [0.29, 0.717) is 5.56 Å². The number of para-hydroxylation sites is 1. The van der Waals surface area contributed by atoms with Gasteiger partial charge in [-0.15, -0.1) is 0 Å². The van der Waals surface area contributed by atoms with Crippen LogP contribution >= 0.6 is 0 Å². The SMILES string of the molecule is CC(C)(C)OC(=O)NC(C(=O)OC(=O)Oc1ccccc1)c1ccccc1. The number of rotatable bonds is 4. The Labute approximate surface area is 157 Å². The van der Waals surface area contributed by atoms with Crippen LogP contribution in [0.5, 0.6) is 5.75 Å². The fourth-order valence-corrected chi connectivity index (χ4v) is 2.10. The highest BCUT2D eigenvalue weighted by atomic mass is 16.7. The zero-order valence-electron chi connectivity index (χ0n) is 15.3. The van der Waals surface area contributed by atoms with E-state index in [1.165, 1.54) is 0 Å². The molecular formula is C20H21NO6. The molecule has 0 aliphatic carbocycles. The van der Waals surface area contributed by atoms with E-state index < -0.39 is 29.9 Å². The van der Waals surface area contributed by atoms with Gasteiger partial charge in [-0.05, 0) is 38.5 Å². The molecule has 0 aliphatic rings. The maximum atomic E-state index is 12.5. The summed E-state index contributed by atoms with van der Waals surface area (Å²) < 4.78 is 14.8. The molecule has 7 nitrogen and oxygen atoms in total. The third-order valence-electron chi connectivity index (χ3n) is 3.16. The molecule has 0 saturated heterocycles. The predicted octanol–water partition coefficient (Wildman–Crippen LogP) is 3.99. The first-order chi connectivity index (χ1) is 12.7. The first-order valence-corrected chi connectivity index (χ1v) is 8.27. The summed E-state index contributed by atoms with van der Waals surface area (Å²) in [6.07, 6.45) is -2.01. The van der Waals surface area contributed by atoms with Gasteiger partial charge in [0, 0.05) is 0 Å². The van der Waals surface area contributed by atoms with E-state index in [1.807, 2.05) is 0 Å². The first kappa shape index (κ1) is 20.0. The third-order valence-corrected chi connectivity index (χ3v) is 3.16. The summed E-state index contributed by atoms with van der Waals surface area (Å²) in [6, 6.07) is 15.3. The van der Waals surface area contributed by atoms with Gasteiger partial charge in [0.25, 0.3) is 0 Å². The molecule has 7 heteroatoms. The van der Waals surface area contributed by atoms with Crippen molar-refractivity contribution in [3.63, 3.8) is 0 Å². The van der Waals surface area contributed by atoms with E-state index in [4.69, 9.17) is 14.2 Å². The van der Waals surface area contributed by atoms with Gasteiger partial charge in [-0.3, -0.25) is 0 Å². The molecule has 1 atom stereocenters. The molecule has 0 aliphatic heterocycles. The molecule has 0 bridgehead atoms. The molecule has 0 radical (unpaired) electrons. The Morgan fingerprint density at radius 1 is 0.889 bits per heavy atom. The van der Waals surface area contributed by atoms with Crippen molar-refractivity contribution in [2.75, 3.05) is 0 Å². The Hall–Kier alpha value is -3.35. The van der Waals surface area contributed by atoms with Crippen LogP contribution in [0.25, 0.3) is 0 Å². The normalized spacial score (nSPS) is 11.8. The lowest BCUT2D eigenvalue weighted by molar-refractivity contribution is -0.141. The Morgan fingerprint density at radius 3 is 2.00 bits per heavy atom. The van der Waals surface area contributed by atoms with E-state index >= 15 is 0 Å². The molecule has 1 N–H and O–H groups in total. The zero-order chi connectivity index (χ0) is 19.9. The van der Waals surface area contributed by atoms with E-state index in [0.717, 1.165) is 0 Å². The van der Waals surface area contributed by atoms with E-state index in [2.05, 4.69) is 5.32 Å². The van der Waals surface area contributed by atoms with Crippen LogP contribution in [0.1, 0.15) is 32.4 Å². The summed E-state index contributed by atoms with van der Waals surface area (Å²) >= 11 is 0. The van der Waals surface area contributed by atoms with E-state index in [-0.39, 0.29) is 5.75 Å². The van der Waals surface area contributed by atoms with Crippen LogP contribution in [0.15, 0.2) is 60.7 Å². The number of esters is 1. The minimum atomic E-state index is -1.23. The lowest BCUT2D eigenvalue weighted by Crippen LogP contribution is -2.39. The number of benzene rings is 2. The van der Waals surface area contributed by atoms with Crippen molar-refractivity contribution in [1.29, 1.82) is 0 Å². The second-order valence-corrected chi connectivity index (χ2v) is 6.58. The Morgan fingerprint density at radius 2 is 1.44 bits per heavy atom. The Balaban J connectivity index is 2.09. The predicted molar refractivity (Wildman–Crippen MR) is 97.1 cm³/mol. The number of carbonyl (C=O) groups is 3. The van der Waals surface area contributed by atoms with Gasteiger partial charge in [0.1, 0.15) is 11.4 Å². The molecule has 0 saturated carbocycles. The average molecular weight is 371 g/mol. The summed E-state index contributed by atoms with van der Waals surface area (Å²) in [7, 11) is 0. The van der Waals surface area contributed by atoms with Gasteiger partial charge in [-0.25, -0.2) is 14.4 Å². The smallest absolute Gasteiger partial charge is 0.444 e. The number of amides is 1. The Bertz CT molecular complexity index is 783. The van der Waals surface area contributed by atoms with Gasteiger partial charge in [-0.1, -0.05) is 48.5 Å². The summed E-state index contributed by atoms with van der Waals surface area (Å²) in [5.41, 5.74) is -0.317. The number of carbonyl (C=O) groups excluding carboxylic acids is 3. The molecule has 1 unspecified atom stereocenters. The monoisotopic (exact) mass is 371 g/mol. The van der Waals surface area contributed by atoms with Gasteiger partial charge < -0.3 is 19.5 Å². The molecule has 2 aromatic rings. The van der Waals surface area contributed by atoms with Gasteiger partial charge in [0.15, 0.2) is 6.04 Å². The van der Waals surface area contributed by atoms with Crippen LogP contribution < -0.4 is 10.1 Å². The van der Waals surface area contributed by atoms with Crippen molar-refractivity contribution in [1.82, 2.24) is 5.32 Å². The maximum Gasteiger partial charge on any atom is 0.521 e. The standard InChI is InChI=1S/C20H21NO6/c1-20(2,3)27-18(23)21-16(14-10-6-4-7-11-14)17(22)26-19(24)25-15-12-8-5-9-13-15/h4-13,16H,1-3H3,(H,21,23). The van der Waals surface area contributed by atoms with Gasteiger partial charge in [0.2, 0.25) is 0 Å². The minimum Gasteiger partial charge on any atom is -0.444 e. The molecule has 2 aromatic carbocycles. The quantitative estimate of drug-likeness (QED) is 0.496. The molecule has 0 heterocycles. The van der Waals surface area contributed by atoms with Crippen LogP contribution in [0.4, 0.5) is 9.59 Å². The maximum absolute atomic E-state index is 12.5. The van der Waals surface area contributed by atoms with Crippen molar-refractivity contribution in [2.24, 2.45) is 0 Å². The number of hydrogen-bond acceptors (Lipinski definition) is 6. The first-order valence-electron chi connectivity index (χ1n) is 8.27.